The van der Waals surface area contributed by atoms with Crippen LogP contribution in [0.15, 0.2) is 261 Å². The van der Waals surface area contributed by atoms with Crippen molar-refractivity contribution < 1.29 is 0 Å². The molecule has 63 heavy (non-hydrogen) atoms. The number of anilines is 5. The highest BCUT2D eigenvalue weighted by molar-refractivity contribution is 5.82. The predicted molar refractivity (Wildman–Crippen MR) is 266 cm³/mol. The molecular weight excluding hydrogens is 761 g/mol. The fourth-order valence-electron chi connectivity index (χ4n) is 9.08. The van der Waals surface area contributed by atoms with Crippen molar-refractivity contribution in [2.45, 2.75) is 6.42 Å². The Hall–Kier alpha value is -7.94. The van der Waals surface area contributed by atoms with Crippen molar-refractivity contribution in [3.05, 3.63) is 261 Å². The molecular formula is C61H46N2. The molecule has 2 nitrogen and oxygen atoms in total. The molecule has 2 aliphatic rings. The molecule has 2 unspecified atom stereocenters. The molecule has 2 atom stereocenters. The SMILES string of the molecule is C1=CC2CC2C(N(c2ccc(-c3ccc(-c4ccccc4)cc3)cc2)c2ccc(-c3ccc(N(c4ccc(-c5ccccc5)cc4)c4ccc(-c5ccccc5)cc4)cc3)cc2)=C1. The largest absolute Gasteiger partial charge is 0.314 e. The van der Waals surface area contributed by atoms with Crippen LogP contribution >= 0.6 is 0 Å². The summed E-state index contributed by atoms with van der Waals surface area (Å²) in [5, 5.41) is 0. The molecule has 0 heterocycles. The van der Waals surface area contributed by atoms with Crippen molar-refractivity contribution in [3.63, 3.8) is 0 Å². The van der Waals surface area contributed by atoms with Gasteiger partial charge in [0.25, 0.3) is 0 Å². The van der Waals surface area contributed by atoms with E-state index < -0.39 is 0 Å². The molecule has 0 spiro atoms. The first kappa shape index (κ1) is 38.0. The second-order valence-corrected chi connectivity index (χ2v) is 16.6. The summed E-state index contributed by atoms with van der Waals surface area (Å²) in [7, 11) is 0. The van der Waals surface area contributed by atoms with Gasteiger partial charge in [-0.2, -0.15) is 0 Å². The molecule has 0 bridgehead atoms. The number of nitrogens with zero attached hydrogens (tertiary/aromatic N) is 2. The lowest BCUT2D eigenvalue weighted by atomic mass is 9.99. The summed E-state index contributed by atoms with van der Waals surface area (Å²) in [6.07, 6.45) is 8.13. The van der Waals surface area contributed by atoms with E-state index in [0.717, 1.165) is 17.1 Å². The molecule has 300 valence electrons. The molecule has 2 heteroatoms. The van der Waals surface area contributed by atoms with Gasteiger partial charge in [0, 0.05) is 40.1 Å². The van der Waals surface area contributed by atoms with Crippen LogP contribution in [0.1, 0.15) is 6.42 Å². The van der Waals surface area contributed by atoms with Crippen molar-refractivity contribution in [2.24, 2.45) is 11.8 Å². The van der Waals surface area contributed by atoms with E-state index in [1.54, 1.807) is 0 Å². The van der Waals surface area contributed by atoms with Gasteiger partial charge in [-0.25, -0.2) is 0 Å². The molecule has 9 aromatic carbocycles. The molecule has 0 radical (unpaired) electrons. The third-order valence-electron chi connectivity index (χ3n) is 12.6. The number of fused-ring (bicyclic) bond motifs is 1. The monoisotopic (exact) mass is 806 g/mol. The van der Waals surface area contributed by atoms with Gasteiger partial charge in [0.15, 0.2) is 0 Å². The van der Waals surface area contributed by atoms with Crippen LogP contribution in [0.2, 0.25) is 0 Å². The fraction of sp³-hybridized carbons (Fsp3) is 0.0492. The van der Waals surface area contributed by atoms with Gasteiger partial charge in [-0.05, 0) is 135 Å². The number of hydrogen-bond donors (Lipinski definition) is 0. The Kier molecular flexibility index (Phi) is 10.2. The van der Waals surface area contributed by atoms with E-state index in [4.69, 9.17) is 0 Å². The van der Waals surface area contributed by atoms with Crippen molar-refractivity contribution in [1.82, 2.24) is 0 Å². The normalized spacial score (nSPS) is 15.0. The van der Waals surface area contributed by atoms with Gasteiger partial charge in [0.05, 0.1) is 0 Å². The van der Waals surface area contributed by atoms with Crippen molar-refractivity contribution in [3.8, 4) is 55.6 Å². The smallest absolute Gasteiger partial charge is 0.0462 e. The molecule has 9 aromatic rings. The van der Waals surface area contributed by atoms with Crippen molar-refractivity contribution in [2.75, 3.05) is 9.80 Å². The van der Waals surface area contributed by atoms with Gasteiger partial charge in [-0.15, -0.1) is 0 Å². The summed E-state index contributed by atoms with van der Waals surface area (Å²) < 4.78 is 0. The first-order valence-corrected chi connectivity index (χ1v) is 22.0. The van der Waals surface area contributed by atoms with Crippen LogP contribution in [0.5, 0.6) is 0 Å². The van der Waals surface area contributed by atoms with Gasteiger partial charge in [0.2, 0.25) is 0 Å². The van der Waals surface area contributed by atoms with Crippen LogP contribution in [-0.2, 0) is 0 Å². The fourth-order valence-corrected chi connectivity index (χ4v) is 9.08. The first-order valence-electron chi connectivity index (χ1n) is 22.0. The number of allylic oxidation sites excluding steroid dienone is 4. The van der Waals surface area contributed by atoms with E-state index in [-0.39, 0.29) is 0 Å². The Morgan fingerprint density at radius 2 is 0.524 bits per heavy atom. The van der Waals surface area contributed by atoms with E-state index in [1.807, 2.05) is 0 Å². The summed E-state index contributed by atoms with van der Waals surface area (Å²) in [4.78, 5) is 4.81. The topological polar surface area (TPSA) is 6.48 Å². The molecule has 0 aromatic heterocycles. The molecule has 0 aliphatic heterocycles. The van der Waals surface area contributed by atoms with E-state index in [2.05, 4.69) is 265 Å². The Morgan fingerprint density at radius 1 is 0.270 bits per heavy atom. The lowest BCUT2D eigenvalue weighted by molar-refractivity contribution is 0.871. The van der Waals surface area contributed by atoms with Crippen LogP contribution in [0.4, 0.5) is 28.4 Å². The highest BCUT2D eigenvalue weighted by Gasteiger charge is 2.42. The summed E-state index contributed by atoms with van der Waals surface area (Å²) in [6, 6.07) is 85.6. The van der Waals surface area contributed by atoms with E-state index in [0.29, 0.717) is 11.8 Å². The highest BCUT2D eigenvalue weighted by Crippen LogP contribution is 2.51. The Morgan fingerprint density at radius 3 is 0.825 bits per heavy atom. The molecule has 11 rings (SSSR count). The standard InChI is InChI=1S/C61H46N2/c1-4-11-44(12-5-1)47-19-21-48(22-20-47)51-29-39-58(40-30-51)63(61-18-10-17-54-43-60(54)61)59-41-31-53(32-42-59)52-27-37-57(38-28-52)62(55-33-23-49(24-34-55)45-13-6-2-7-14-45)56-35-25-50(26-36-56)46-15-8-3-9-16-46/h1-42,54,60H,43H2. The zero-order valence-electron chi connectivity index (χ0n) is 35.0. The zero-order chi connectivity index (χ0) is 42.0. The van der Waals surface area contributed by atoms with Crippen LogP contribution in [-0.4, -0.2) is 0 Å². The van der Waals surface area contributed by atoms with E-state index in [9.17, 15) is 0 Å². The predicted octanol–water partition coefficient (Wildman–Crippen LogP) is 16.7. The minimum Gasteiger partial charge on any atom is -0.314 e. The van der Waals surface area contributed by atoms with Crippen LogP contribution in [0.25, 0.3) is 55.6 Å². The lowest BCUT2D eigenvalue weighted by Gasteiger charge is -2.29. The Bertz CT molecular complexity index is 2920. The quantitative estimate of drug-likeness (QED) is 0.128. The molecule has 0 saturated heterocycles. The Labute approximate surface area is 371 Å². The summed E-state index contributed by atoms with van der Waals surface area (Å²) in [6.45, 7) is 0. The molecule has 0 amide bonds. The van der Waals surface area contributed by atoms with Crippen molar-refractivity contribution >= 4 is 28.4 Å². The molecule has 2 aliphatic carbocycles. The van der Waals surface area contributed by atoms with Gasteiger partial charge in [-0.1, -0.05) is 188 Å². The molecule has 1 saturated carbocycles. The highest BCUT2D eigenvalue weighted by atomic mass is 15.2. The van der Waals surface area contributed by atoms with E-state index in [1.165, 1.54) is 79.1 Å². The van der Waals surface area contributed by atoms with E-state index >= 15 is 0 Å². The molecule has 0 N–H and O–H groups in total. The summed E-state index contributed by atoms with van der Waals surface area (Å²) >= 11 is 0. The maximum atomic E-state index is 2.47. The Balaban J connectivity index is 0.873. The van der Waals surface area contributed by atoms with Crippen molar-refractivity contribution in [1.29, 1.82) is 0 Å². The third kappa shape index (κ3) is 7.91. The number of hydrogen-bond acceptors (Lipinski definition) is 2. The zero-order valence-corrected chi connectivity index (χ0v) is 35.0. The number of rotatable bonds is 11. The number of benzene rings is 9. The van der Waals surface area contributed by atoms with Gasteiger partial charge in [0.1, 0.15) is 0 Å². The maximum absolute atomic E-state index is 2.47. The van der Waals surface area contributed by atoms with Gasteiger partial charge in [-0.3, -0.25) is 0 Å². The maximum Gasteiger partial charge on any atom is 0.0462 e. The lowest BCUT2D eigenvalue weighted by Crippen LogP contribution is -2.19. The summed E-state index contributed by atoms with van der Waals surface area (Å²) in [5.74, 6) is 1.19. The second kappa shape index (κ2) is 16.8. The third-order valence-corrected chi connectivity index (χ3v) is 12.6. The first-order chi connectivity index (χ1) is 31.2. The van der Waals surface area contributed by atoms with Crippen LogP contribution in [0, 0.1) is 11.8 Å². The van der Waals surface area contributed by atoms with Gasteiger partial charge >= 0.3 is 0 Å². The average molecular weight is 807 g/mol. The average Bonchev–Trinajstić information content (AvgIpc) is 4.17. The van der Waals surface area contributed by atoms with Crippen LogP contribution < -0.4 is 9.80 Å². The minimum absolute atomic E-state index is 0.555. The van der Waals surface area contributed by atoms with Crippen LogP contribution in [0.3, 0.4) is 0 Å². The van der Waals surface area contributed by atoms with Gasteiger partial charge < -0.3 is 9.80 Å². The minimum atomic E-state index is 0.555. The summed E-state index contributed by atoms with van der Waals surface area (Å²) in [5.41, 5.74) is 19.1. The molecule has 1 fully saturated rings. The second-order valence-electron chi connectivity index (χ2n) is 16.6.